The van der Waals surface area contributed by atoms with E-state index in [2.05, 4.69) is 39.3 Å². The summed E-state index contributed by atoms with van der Waals surface area (Å²) in [5, 5.41) is 3.10. The fraction of sp³-hybridized carbons (Fsp3) is 0.364. The van der Waals surface area contributed by atoms with Crippen molar-refractivity contribution < 1.29 is 4.74 Å². The highest BCUT2D eigenvalue weighted by atomic mass is 32.1. The highest BCUT2D eigenvalue weighted by Crippen LogP contribution is 2.16. The number of aryl methyl sites for hydroxylation is 1. The summed E-state index contributed by atoms with van der Waals surface area (Å²) in [4.78, 5) is 14.5. The number of thiophene rings is 1. The van der Waals surface area contributed by atoms with Gasteiger partial charge in [0.05, 0.1) is 13.2 Å². The van der Waals surface area contributed by atoms with Crippen molar-refractivity contribution in [3.63, 3.8) is 0 Å². The Bertz CT molecular complexity index is 528. The van der Waals surface area contributed by atoms with Crippen LogP contribution in [-0.2, 0) is 6.54 Å². The number of hydrogen-bond donors (Lipinski definition) is 2. The first kappa shape index (κ1) is 12.6. The predicted octanol–water partition coefficient (Wildman–Crippen LogP) is 1.83. The zero-order valence-corrected chi connectivity index (χ0v) is 11.1. The quantitative estimate of drug-likeness (QED) is 0.857. The zero-order valence-electron chi connectivity index (χ0n) is 10.3. The first-order valence-electron chi connectivity index (χ1n) is 5.61. The van der Waals surface area contributed by atoms with Gasteiger partial charge in [0.2, 0.25) is 11.9 Å². The van der Waals surface area contributed by atoms with Crippen molar-refractivity contribution in [1.82, 2.24) is 15.0 Å². The average Bonchev–Trinajstić information content (AvgIpc) is 2.72. The predicted molar refractivity (Wildman–Crippen MR) is 71.8 cm³/mol. The number of nitrogens with two attached hydrogens (primary N) is 1. The lowest BCUT2D eigenvalue weighted by molar-refractivity contribution is 0.312. The van der Waals surface area contributed by atoms with Gasteiger partial charge in [0.15, 0.2) is 0 Å². The monoisotopic (exact) mass is 265 g/mol. The second-order valence-corrected chi connectivity index (χ2v) is 4.97. The molecule has 0 bridgehead atoms. The molecule has 0 radical (unpaired) electrons. The molecule has 7 heteroatoms. The maximum absolute atomic E-state index is 5.58. The highest BCUT2D eigenvalue weighted by molar-refractivity contribution is 7.11. The van der Waals surface area contributed by atoms with E-state index in [0.29, 0.717) is 19.1 Å². The SMILES string of the molecule is CCOc1nc(N)nc(NCc2ccc(C)s2)n1. The molecule has 18 heavy (non-hydrogen) atoms. The van der Waals surface area contributed by atoms with E-state index in [1.165, 1.54) is 9.75 Å². The van der Waals surface area contributed by atoms with Crippen LogP contribution in [0.15, 0.2) is 12.1 Å². The fourth-order valence-corrected chi connectivity index (χ4v) is 2.22. The van der Waals surface area contributed by atoms with Crippen molar-refractivity contribution in [3.05, 3.63) is 21.9 Å². The summed E-state index contributed by atoms with van der Waals surface area (Å²) in [6.45, 7) is 5.09. The molecular formula is C11H15N5OS. The normalized spacial score (nSPS) is 10.3. The van der Waals surface area contributed by atoms with Crippen molar-refractivity contribution in [3.8, 4) is 6.01 Å². The van der Waals surface area contributed by atoms with Crippen molar-refractivity contribution in [2.45, 2.75) is 20.4 Å². The minimum absolute atomic E-state index is 0.151. The Kier molecular flexibility index (Phi) is 3.93. The maximum atomic E-state index is 5.58. The Morgan fingerprint density at radius 3 is 2.83 bits per heavy atom. The fourth-order valence-electron chi connectivity index (χ4n) is 1.39. The van der Waals surface area contributed by atoms with Gasteiger partial charge in [-0.3, -0.25) is 0 Å². The zero-order chi connectivity index (χ0) is 13.0. The largest absolute Gasteiger partial charge is 0.464 e. The van der Waals surface area contributed by atoms with Crippen molar-refractivity contribution in [2.24, 2.45) is 0 Å². The third-order valence-electron chi connectivity index (χ3n) is 2.12. The van der Waals surface area contributed by atoms with Crippen LogP contribution in [0.4, 0.5) is 11.9 Å². The van der Waals surface area contributed by atoms with Crippen LogP contribution in [0.25, 0.3) is 0 Å². The minimum atomic E-state index is 0.151. The third-order valence-corrected chi connectivity index (χ3v) is 3.12. The lowest BCUT2D eigenvalue weighted by Crippen LogP contribution is -2.08. The van der Waals surface area contributed by atoms with Crippen molar-refractivity contribution in [1.29, 1.82) is 0 Å². The molecule has 0 aliphatic carbocycles. The average molecular weight is 265 g/mol. The van der Waals surface area contributed by atoms with E-state index in [9.17, 15) is 0 Å². The number of ether oxygens (including phenoxy) is 1. The molecule has 0 atom stereocenters. The van der Waals surface area contributed by atoms with E-state index >= 15 is 0 Å². The van der Waals surface area contributed by atoms with Crippen molar-refractivity contribution >= 4 is 23.2 Å². The highest BCUT2D eigenvalue weighted by Gasteiger charge is 2.05. The number of nitrogens with one attached hydrogen (secondary N) is 1. The molecule has 0 amide bonds. The molecule has 6 nitrogen and oxygen atoms in total. The summed E-state index contributed by atoms with van der Waals surface area (Å²) >= 11 is 1.73. The molecular weight excluding hydrogens is 250 g/mol. The van der Waals surface area contributed by atoms with Crippen LogP contribution >= 0.6 is 11.3 Å². The molecule has 2 aromatic heterocycles. The number of nitrogens with zero attached hydrogens (tertiary/aromatic N) is 3. The Morgan fingerprint density at radius 1 is 1.33 bits per heavy atom. The van der Waals surface area contributed by atoms with Gasteiger partial charge in [-0.05, 0) is 26.0 Å². The molecule has 2 rings (SSSR count). The second kappa shape index (κ2) is 5.63. The van der Waals surface area contributed by atoms with Crippen LogP contribution in [-0.4, -0.2) is 21.6 Å². The van der Waals surface area contributed by atoms with Crippen LogP contribution in [0.3, 0.4) is 0 Å². The van der Waals surface area contributed by atoms with Crippen LogP contribution in [0.2, 0.25) is 0 Å². The van der Waals surface area contributed by atoms with Crippen LogP contribution in [0.5, 0.6) is 6.01 Å². The molecule has 0 aromatic carbocycles. The Labute approximate surface area is 109 Å². The lowest BCUT2D eigenvalue weighted by Gasteiger charge is -2.06. The van der Waals surface area contributed by atoms with Gasteiger partial charge in [-0.1, -0.05) is 0 Å². The Hall–Kier alpha value is -1.89. The summed E-state index contributed by atoms with van der Waals surface area (Å²) in [5.41, 5.74) is 5.58. The van der Waals surface area contributed by atoms with Gasteiger partial charge in [-0.25, -0.2) is 0 Å². The number of aromatic nitrogens is 3. The van der Waals surface area contributed by atoms with Gasteiger partial charge in [0.1, 0.15) is 0 Å². The van der Waals surface area contributed by atoms with Gasteiger partial charge in [-0.2, -0.15) is 15.0 Å². The van der Waals surface area contributed by atoms with Gasteiger partial charge in [0, 0.05) is 9.75 Å². The van der Waals surface area contributed by atoms with Crippen molar-refractivity contribution in [2.75, 3.05) is 17.7 Å². The number of hydrogen-bond acceptors (Lipinski definition) is 7. The maximum Gasteiger partial charge on any atom is 0.323 e. The molecule has 0 spiro atoms. The van der Waals surface area contributed by atoms with Crippen LogP contribution < -0.4 is 15.8 Å². The van der Waals surface area contributed by atoms with Gasteiger partial charge in [-0.15, -0.1) is 11.3 Å². The molecule has 2 heterocycles. The topological polar surface area (TPSA) is 86.0 Å². The van der Waals surface area contributed by atoms with E-state index in [1.807, 2.05) is 6.92 Å². The lowest BCUT2D eigenvalue weighted by atomic mass is 10.4. The molecule has 0 aliphatic rings. The van der Waals surface area contributed by atoms with Gasteiger partial charge in [0.25, 0.3) is 0 Å². The smallest absolute Gasteiger partial charge is 0.323 e. The Balaban J connectivity index is 2.04. The number of rotatable bonds is 5. The number of nitrogen functional groups attached to an aromatic ring is 1. The molecule has 3 N–H and O–H groups in total. The first-order valence-corrected chi connectivity index (χ1v) is 6.42. The van der Waals surface area contributed by atoms with E-state index in [4.69, 9.17) is 10.5 Å². The Morgan fingerprint density at radius 2 is 2.17 bits per heavy atom. The molecule has 0 saturated heterocycles. The van der Waals surface area contributed by atoms with Crippen LogP contribution in [0, 0.1) is 6.92 Å². The summed E-state index contributed by atoms with van der Waals surface area (Å²) in [6.07, 6.45) is 0. The molecule has 2 aromatic rings. The van der Waals surface area contributed by atoms with E-state index < -0.39 is 0 Å². The van der Waals surface area contributed by atoms with Crippen LogP contribution in [0.1, 0.15) is 16.7 Å². The molecule has 0 aliphatic heterocycles. The summed E-state index contributed by atoms with van der Waals surface area (Å²) in [6, 6.07) is 4.39. The minimum Gasteiger partial charge on any atom is -0.464 e. The first-order chi connectivity index (χ1) is 8.67. The molecule has 0 unspecified atom stereocenters. The summed E-state index contributed by atoms with van der Waals surface area (Å²) in [5.74, 6) is 0.579. The molecule has 0 saturated carbocycles. The number of anilines is 2. The molecule has 0 fully saturated rings. The summed E-state index contributed by atoms with van der Waals surface area (Å²) < 4.78 is 5.20. The third kappa shape index (κ3) is 3.30. The van der Waals surface area contributed by atoms with E-state index in [-0.39, 0.29) is 12.0 Å². The molecule has 96 valence electrons. The second-order valence-electron chi connectivity index (χ2n) is 3.60. The van der Waals surface area contributed by atoms with Gasteiger partial charge < -0.3 is 15.8 Å². The summed E-state index contributed by atoms with van der Waals surface area (Å²) in [7, 11) is 0. The van der Waals surface area contributed by atoms with E-state index in [0.717, 1.165) is 0 Å². The van der Waals surface area contributed by atoms with Gasteiger partial charge >= 0.3 is 6.01 Å². The van der Waals surface area contributed by atoms with E-state index in [1.54, 1.807) is 11.3 Å². The standard InChI is InChI=1S/C11H15N5OS/c1-3-17-11-15-9(12)14-10(16-11)13-6-8-5-4-7(2)18-8/h4-5H,3,6H2,1-2H3,(H3,12,13,14,15,16).